The molecule has 0 aliphatic heterocycles. The number of hydrogen-bond acceptors (Lipinski definition) is 8. The normalized spacial score (nSPS) is 10.2. The number of nitro groups is 1. The van der Waals surface area contributed by atoms with E-state index in [2.05, 4.69) is 0 Å². The number of rotatable bonds is 8. The topological polar surface area (TPSA) is 126 Å². The fraction of sp³-hybridized carbons (Fsp3) is 0.222. The molecule has 2 aromatic rings. The van der Waals surface area contributed by atoms with Crippen LogP contribution >= 0.6 is 0 Å². The third-order valence-electron chi connectivity index (χ3n) is 3.74. The Morgan fingerprint density at radius 2 is 1.73 bits per heavy atom. The van der Waals surface area contributed by atoms with Crippen molar-refractivity contribution in [1.29, 1.82) is 0 Å². The molecule has 12 heteroatoms. The van der Waals surface area contributed by atoms with E-state index in [1.54, 1.807) is 0 Å². The summed E-state index contributed by atoms with van der Waals surface area (Å²) >= 11 is 0. The minimum Gasteiger partial charge on any atom is -0.493 e. The Hall–Kier alpha value is -3.96. The van der Waals surface area contributed by atoms with E-state index in [0.29, 0.717) is 0 Å². The van der Waals surface area contributed by atoms with Gasteiger partial charge in [0.15, 0.2) is 12.4 Å². The van der Waals surface area contributed by atoms with Gasteiger partial charge in [0.2, 0.25) is 11.5 Å². The standard InChI is InChI=1S/C18H16F2N2O8/c1-27-13-7-10(15(22(25)26)17(29-3)16(13)28-2)18(24)30-8-14(23)21-12-6-9(19)4-5-11(12)20/h4-7H,8H2,1-3H3,(H,21,23). The smallest absolute Gasteiger partial charge is 0.345 e. The number of benzene rings is 2. The zero-order valence-electron chi connectivity index (χ0n) is 16.0. The van der Waals surface area contributed by atoms with Crippen molar-refractivity contribution >= 4 is 23.3 Å². The first-order chi connectivity index (χ1) is 14.2. The number of ether oxygens (including phenoxy) is 4. The molecule has 0 aliphatic carbocycles. The van der Waals surface area contributed by atoms with Crippen molar-refractivity contribution in [2.75, 3.05) is 33.3 Å². The summed E-state index contributed by atoms with van der Waals surface area (Å²) in [5.74, 6) is -4.52. The molecule has 0 atom stereocenters. The molecule has 1 N–H and O–H groups in total. The van der Waals surface area contributed by atoms with Crippen LogP contribution in [-0.4, -0.2) is 44.7 Å². The number of anilines is 1. The Kier molecular flexibility index (Phi) is 7.07. The zero-order valence-corrected chi connectivity index (χ0v) is 16.0. The van der Waals surface area contributed by atoms with Crippen LogP contribution in [0.25, 0.3) is 0 Å². The lowest BCUT2D eigenvalue weighted by molar-refractivity contribution is -0.386. The van der Waals surface area contributed by atoms with Crippen molar-refractivity contribution in [2.45, 2.75) is 0 Å². The molecule has 0 radical (unpaired) electrons. The zero-order chi connectivity index (χ0) is 22.4. The van der Waals surface area contributed by atoms with Gasteiger partial charge in [0.05, 0.1) is 31.9 Å². The average Bonchev–Trinajstić information content (AvgIpc) is 2.72. The number of methoxy groups -OCH3 is 3. The van der Waals surface area contributed by atoms with Gasteiger partial charge in [-0.25, -0.2) is 13.6 Å². The van der Waals surface area contributed by atoms with Gasteiger partial charge < -0.3 is 24.3 Å². The van der Waals surface area contributed by atoms with Crippen LogP contribution < -0.4 is 19.5 Å². The Morgan fingerprint density at radius 3 is 2.30 bits per heavy atom. The molecule has 1 amide bonds. The minimum absolute atomic E-state index is 0.0572. The molecule has 160 valence electrons. The summed E-state index contributed by atoms with van der Waals surface area (Å²) < 4.78 is 46.6. The molecule has 0 aromatic heterocycles. The van der Waals surface area contributed by atoms with Gasteiger partial charge in [0.25, 0.3) is 5.91 Å². The number of esters is 1. The van der Waals surface area contributed by atoms with E-state index in [1.165, 1.54) is 14.2 Å². The fourth-order valence-corrected chi connectivity index (χ4v) is 2.47. The van der Waals surface area contributed by atoms with Crippen molar-refractivity contribution in [3.63, 3.8) is 0 Å². The van der Waals surface area contributed by atoms with Crippen LogP contribution in [0.4, 0.5) is 20.2 Å². The molecule has 2 aromatic carbocycles. The molecule has 30 heavy (non-hydrogen) atoms. The quantitative estimate of drug-likeness (QED) is 0.388. The maximum atomic E-state index is 13.6. The number of nitrogens with zero attached hydrogens (tertiary/aromatic N) is 1. The summed E-state index contributed by atoms with van der Waals surface area (Å²) in [5.41, 5.74) is -1.80. The Labute approximate surface area is 168 Å². The van der Waals surface area contributed by atoms with Gasteiger partial charge in [-0.2, -0.15) is 0 Å². The summed E-state index contributed by atoms with van der Waals surface area (Å²) in [6.45, 7) is -0.928. The molecule has 0 bridgehead atoms. The average molecular weight is 426 g/mol. The summed E-state index contributed by atoms with van der Waals surface area (Å²) in [6, 6.07) is 3.38. The van der Waals surface area contributed by atoms with Crippen LogP contribution in [0, 0.1) is 21.7 Å². The van der Waals surface area contributed by atoms with Gasteiger partial charge in [-0.15, -0.1) is 0 Å². The number of halogens is 2. The first-order valence-electron chi connectivity index (χ1n) is 8.12. The maximum Gasteiger partial charge on any atom is 0.345 e. The Balaban J connectivity index is 2.26. The van der Waals surface area contributed by atoms with Crippen LogP contribution in [0.2, 0.25) is 0 Å². The Morgan fingerprint density at radius 1 is 1.07 bits per heavy atom. The highest BCUT2D eigenvalue weighted by molar-refractivity contribution is 5.99. The van der Waals surface area contributed by atoms with E-state index in [1.807, 2.05) is 5.32 Å². The third-order valence-corrected chi connectivity index (χ3v) is 3.74. The highest BCUT2D eigenvalue weighted by atomic mass is 19.1. The lowest BCUT2D eigenvalue weighted by Crippen LogP contribution is -2.22. The summed E-state index contributed by atoms with van der Waals surface area (Å²) in [4.78, 5) is 34.9. The molecule has 0 saturated carbocycles. The van der Waals surface area contributed by atoms with E-state index in [9.17, 15) is 28.5 Å². The summed E-state index contributed by atoms with van der Waals surface area (Å²) in [6.07, 6.45) is 0. The lowest BCUT2D eigenvalue weighted by Gasteiger charge is -2.14. The number of amides is 1. The molecule has 0 unspecified atom stereocenters. The molecule has 2 rings (SSSR count). The molecular formula is C18H16F2N2O8. The number of carbonyl (C=O) groups excluding carboxylic acids is 2. The number of nitrogens with one attached hydrogen (secondary N) is 1. The monoisotopic (exact) mass is 426 g/mol. The van der Waals surface area contributed by atoms with Gasteiger partial charge in [-0.1, -0.05) is 0 Å². The second-order valence-corrected chi connectivity index (χ2v) is 5.55. The number of hydrogen-bond donors (Lipinski definition) is 1. The summed E-state index contributed by atoms with van der Waals surface area (Å²) in [7, 11) is 3.58. The largest absolute Gasteiger partial charge is 0.493 e. The summed E-state index contributed by atoms with van der Waals surface area (Å²) in [5, 5.41) is 13.5. The molecular weight excluding hydrogens is 410 g/mol. The van der Waals surface area contributed by atoms with E-state index >= 15 is 0 Å². The highest BCUT2D eigenvalue weighted by Crippen LogP contribution is 2.46. The minimum atomic E-state index is -1.25. The van der Waals surface area contributed by atoms with Crippen LogP contribution in [-0.2, 0) is 9.53 Å². The second kappa shape index (κ2) is 9.49. The van der Waals surface area contributed by atoms with Crippen molar-refractivity contribution in [1.82, 2.24) is 0 Å². The first kappa shape index (κ1) is 22.3. The van der Waals surface area contributed by atoms with Crippen molar-refractivity contribution < 1.29 is 42.2 Å². The van der Waals surface area contributed by atoms with E-state index in [4.69, 9.17) is 18.9 Å². The second-order valence-electron chi connectivity index (χ2n) is 5.55. The van der Waals surface area contributed by atoms with Crippen LogP contribution in [0.1, 0.15) is 10.4 Å². The van der Waals surface area contributed by atoms with Gasteiger partial charge in [0.1, 0.15) is 17.2 Å². The van der Waals surface area contributed by atoms with Gasteiger partial charge in [0, 0.05) is 12.1 Å². The highest BCUT2D eigenvalue weighted by Gasteiger charge is 2.33. The number of nitro benzene ring substituents is 1. The van der Waals surface area contributed by atoms with Crippen LogP contribution in [0.15, 0.2) is 24.3 Å². The van der Waals surface area contributed by atoms with E-state index in [0.717, 1.165) is 31.4 Å². The first-order valence-corrected chi connectivity index (χ1v) is 8.12. The third kappa shape index (κ3) is 4.71. The van der Waals surface area contributed by atoms with E-state index in [-0.39, 0.29) is 17.2 Å². The van der Waals surface area contributed by atoms with Crippen LogP contribution in [0.3, 0.4) is 0 Å². The molecule has 0 fully saturated rings. The van der Waals surface area contributed by atoms with Crippen molar-refractivity contribution in [2.24, 2.45) is 0 Å². The molecule has 10 nitrogen and oxygen atoms in total. The van der Waals surface area contributed by atoms with Gasteiger partial charge in [-0.05, 0) is 12.1 Å². The number of carbonyl (C=O) groups is 2. The SMILES string of the molecule is COc1cc(C(=O)OCC(=O)Nc2cc(F)ccc2F)c([N+](=O)[O-])c(OC)c1OC. The predicted octanol–water partition coefficient (Wildman–Crippen LogP) is 2.69. The van der Waals surface area contributed by atoms with Crippen molar-refractivity contribution in [3.8, 4) is 17.2 Å². The van der Waals surface area contributed by atoms with E-state index < -0.39 is 52.0 Å². The fourth-order valence-electron chi connectivity index (χ4n) is 2.47. The lowest BCUT2D eigenvalue weighted by atomic mass is 10.1. The molecule has 0 heterocycles. The molecule has 0 aliphatic rings. The van der Waals surface area contributed by atoms with Crippen LogP contribution in [0.5, 0.6) is 17.2 Å². The maximum absolute atomic E-state index is 13.6. The molecule has 0 saturated heterocycles. The Bertz CT molecular complexity index is 997. The van der Waals surface area contributed by atoms with Gasteiger partial charge >= 0.3 is 11.7 Å². The van der Waals surface area contributed by atoms with Crippen molar-refractivity contribution in [3.05, 3.63) is 51.6 Å². The van der Waals surface area contributed by atoms with Gasteiger partial charge in [-0.3, -0.25) is 14.9 Å². The predicted molar refractivity (Wildman–Crippen MR) is 98.0 cm³/mol. The molecule has 0 spiro atoms.